The number of hydrogen-bond acceptors (Lipinski definition) is 3. The van der Waals surface area contributed by atoms with Gasteiger partial charge in [0.1, 0.15) is 5.75 Å². The monoisotopic (exact) mass is 217 g/mol. The lowest BCUT2D eigenvalue weighted by Crippen LogP contribution is -2.15. The highest BCUT2D eigenvalue weighted by Crippen LogP contribution is 2.21. The van der Waals surface area contributed by atoms with Crippen LogP contribution in [0.3, 0.4) is 0 Å². The van der Waals surface area contributed by atoms with E-state index in [0.29, 0.717) is 5.52 Å². The number of ketones is 1. The van der Waals surface area contributed by atoms with Crippen LogP contribution in [-0.2, 0) is 0 Å². The fourth-order valence-electron chi connectivity index (χ4n) is 1.69. The van der Waals surface area contributed by atoms with E-state index in [1.807, 2.05) is 0 Å². The van der Waals surface area contributed by atoms with Crippen molar-refractivity contribution < 1.29 is 9.90 Å². The molecule has 0 aliphatic heterocycles. The quantitative estimate of drug-likeness (QED) is 0.777. The summed E-state index contributed by atoms with van der Waals surface area (Å²) in [6.07, 6.45) is 1.86. The van der Waals surface area contributed by atoms with Crippen molar-refractivity contribution in [2.75, 3.05) is 0 Å². The SMILES string of the molecule is CCC(=O)c1c(O)cc(=O)n2ccccc12. The van der Waals surface area contributed by atoms with Crippen molar-refractivity contribution in [2.45, 2.75) is 13.3 Å². The van der Waals surface area contributed by atoms with Crippen LogP contribution in [0.15, 0.2) is 35.3 Å². The molecule has 0 amide bonds. The van der Waals surface area contributed by atoms with Crippen LogP contribution in [0, 0.1) is 0 Å². The molecule has 0 atom stereocenters. The Labute approximate surface area is 91.8 Å². The highest BCUT2D eigenvalue weighted by molar-refractivity contribution is 6.04. The summed E-state index contributed by atoms with van der Waals surface area (Å²) in [7, 11) is 0. The lowest BCUT2D eigenvalue weighted by atomic mass is 10.1. The zero-order valence-corrected chi connectivity index (χ0v) is 8.80. The smallest absolute Gasteiger partial charge is 0.258 e. The maximum atomic E-state index is 11.7. The van der Waals surface area contributed by atoms with E-state index < -0.39 is 0 Å². The normalized spacial score (nSPS) is 10.6. The molecule has 0 aliphatic carbocycles. The van der Waals surface area contributed by atoms with Gasteiger partial charge in [0, 0.05) is 18.7 Å². The topological polar surface area (TPSA) is 58.8 Å². The molecule has 0 saturated heterocycles. The molecule has 1 N–H and O–H groups in total. The van der Waals surface area contributed by atoms with Gasteiger partial charge < -0.3 is 5.11 Å². The number of aromatic nitrogens is 1. The fraction of sp³-hybridized carbons (Fsp3) is 0.167. The predicted molar refractivity (Wildman–Crippen MR) is 60.0 cm³/mol. The number of carbonyl (C=O) groups is 1. The van der Waals surface area contributed by atoms with Crippen molar-refractivity contribution >= 4 is 11.3 Å². The summed E-state index contributed by atoms with van der Waals surface area (Å²) in [6, 6.07) is 6.13. The molecule has 82 valence electrons. The van der Waals surface area contributed by atoms with Crippen LogP contribution in [-0.4, -0.2) is 15.3 Å². The van der Waals surface area contributed by atoms with E-state index in [1.165, 1.54) is 4.40 Å². The van der Waals surface area contributed by atoms with Gasteiger partial charge in [-0.2, -0.15) is 0 Å². The van der Waals surface area contributed by atoms with Gasteiger partial charge >= 0.3 is 0 Å². The summed E-state index contributed by atoms with van der Waals surface area (Å²) in [4.78, 5) is 23.2. The number of fused-ring (bicyclic) bond motifs is 1. The van der Waals surface area contributed by atoms with E-state index in [-0.39, 0.29) is 29.1 Å². The maximum absolute atomic E-state index is 11.7. The van der Waals surface area contributed by atoms with Crippen LogP contribution in [0.25, 0.3) is 5.52 Å². The molecule has 0 aromatic carbocycles. The Morgan fingerprint density at radius 1 is 1.44 bits per heavy atom. The van der Waals surface area contributed by atoms with Gasteiger partial charge in [-0.25, -0.2) is 0 Å². The molecular weight excluding hydrogens is 206 g/mol. The third kappa shape index (κ3) is 1.48. The minimum Gasteiger partial charge on any atom is -0.507 e. The average molecular weight is 217 g/mol. The lowest BCUT2D eigenvalue weighted by Gasteiger charge is -2.07. The Hall–Kier alpha value is -2.10. The second-order valence-electron chi connectivity index (χ2n) is 3.48. The third-order valence-corrected chi connectivity index (χ3v) is 2.47. The van der Waals surface area contributed by atoms with Crippen molar-refractivity contribution in [1.82, 2.24) is 4.40 Å². The van der Waals surface area contributed by atoms with Crippen molar-refractivity contribution in [3.8, 4) is 5.75 Å². The minimum absolute atomic E-state index is 0.179. The molecule has 2 rings (SSSR count). The highest BCUT2D eigenvalue weighted by Gasteiger charge is 2.14. The van der Waals surface area contributed by atoms with Crippen molar-refractivity contribution in [3.05, 3.63) is 46.4 Å². The van der Waals surface area contributed by atoms with Gasteiger partial charge in [-0.1, -0.05) is 13.0 Å². The van der Waals surface area contributed by atoms with Gasteiger partial charge in [0.15, 0.2) is 5.78 Å². The zero-order valence-electron chi connectivity index (χ0n) is 8.80. The predicted octanol–water partition coefficient (Wildman–Crippen LogP) is 1.60. The van der Waals surface area contributed by atoms with Crippen molar-refractivity contribution in [2.24, 2.45) is 0 Å². The maximum Gasteiger partial charge on any atom is 0.258 e. The number of aromatic hydroxyl groups is 1. The number of hydrogen-bond donors (Lipinski definition) is 1. The molecule has 4 heteroatoms. The molecule has 0 saturated carbocycles. The number of pyridine rings is 2. The first-order valence-corrected chi connectivity index (χ1v) is 5.01. The first-order valence-electron chi connectivity index (χ1n) is 5.01. The van der Waals surface area contributed by atoms with Gasteiger partial charge in [0.25, 0.3) is 5.56 Å². The van der Waals surface area contributed by atoms with Crippen LogP contribution in [0.1, 0.15) is 23.7 Å². The largest absolute Gasteiger partial charge is 0.507 e. The second kappa shape index (κ2) is 3.81. The summed E-state index contributed by atoms with van der Waals surface area (Å²) < 4.78 is 1.35. The molecule has 2 aromatic rings. The van der Waals surface area contributed by atoms with E-state index in [9.17, 15) is 14.7 Å². The van der Waals surface area contributed by atoms with E-state index in [2.05, 4.69) is 0 Å². The van der Waals surface area contributed by atoms with Crippen LogP contribution < -0.4 is 5.56 Å². The first kappa shape index (κ1) is 10.4. The Kier molecular flexibility index (Phi) is 2.48. The standard InChI is InChI=1S/C12H11NO3/c1-2-9(14)12-8-5-3-4-6-13(8)11(16)7-10(12)15/h3-7,15H,2H2,1H3. The molecular formula is C12H11NO3. The minimum atomic E-state index is -0.347. The van der Waals surface area contributed by atoms with Crippen molar-refractivity contribution in [1.29, 1.82) is 0 Å². The molecule has 4 nitrogen and oxygen atoms in total. The Morgan fingerprint density at radius 2 is 2.19 bits per heavy atom. The van der Waals surface area contributed by atoms with Gasteiger partial charge in [0.2, 0.25) is 0 Å². The summed E-state index contributed by atoms with van der Waals surface area (Å²) in [5.41, 5.74) is 0.308. The summed E-state index contributed by atoms with van der Waals surface area (Å²) in [6.45, 7) is 1.71. The Balaban J connectivity index is 2.92. The van der Waals surface area contributed by atoms with E-state index >= 15 is 0 Å². The lowest BCUT2D eigenvalue weighted by molar-refractivity contribution is 0.0987. The molecule has 0 spiro atoms. The van der Waals surface area contributed by atoms with E-state index in [4.69, 9.17) is 0 Å². The van der Waals surface area contributed by atoms with Crippen LogP contribution in [0.4, 0.5) is 0 Å². The zero-order chi connectivity index (χ0) is 11.7. The van der Waals surface area contributed by atoms with Crippen LogP contribution >= 0.6 is 0 Å². The second-order valence-corrected chi connectivity index (χ2v) is 3.48. The Morgan fingerprint density at radius 3 is 2.88 bits per heavy atom. The number of Topliss-reactive ketones (excluding diaryl/α,β-unsaturated/α-hetero) is 1. The molecule has 0 fully saturated rings. The number of nitrogens with zero attached hydrogens (tertiary/aromatic N) is 1. The summed E-state index contributed by atoms with van der Waals surface area (Å²) in [5.74, 6) is -0.427. The molecule has 0 aliphatic rings. The van der Waals surface area contributed by atoms with Crippen molar-refractivity contribution in [3.63, 3.8) is 0 Å². The van der Waals surface area contributed by atoms with Gasteiger partial charge in [-0.05, 0) is 12.1 Å². The van der Waals surface area contributed by atoms with E-state index in [0.717, 1.165) is 6.07 Å². The molecule has 0 unspecified atom stereocenters. The Bertz CT molecular complexity index is 613. The molecule has 16 heavy (non-hydrogen) atoms. The van der Waals surface area contributed by atoms with E-state index in [1.54, 1.807) is 31.3 Å². The first-order chi connectivity index (χ1) is 7.65. The molecule has 0 radical (unpaired) electrons. The van der Waals surface area contributed by atoms with Gasteiger partial charge in [-0.15, -0.1) is 0 Å². The fourth-order valence-corrected chi connectivity index (χ4v) is 1.69. The summed E-state index contributed by atoms with van der Waals surface area (Å²) in [5, 5.41) is 9.66. The number of carbonyl (C=O) groups excluding carboxylic acids is 1. The third-order valence-electron chi connectivity index (χ3n) is 2.47. The highest BCUT2D eigenvalue weighted by atomic mass is 16.3. The van der Waals surface area contributed by atoms with Crippen LogP contribution in [0.2, 0.25) is 0 Å². The molecule has 2 heterocycles. The van der Waals surface area contributed by atoms with Gasteiger partial charge in [0.05, 0.1) is 11.1 Å². The van der Waals surface area contributed by atoms with Gasteiger partial charge in [-0.3, -0.25) is 14.0 Å². The molecule has 0 bridgehead atoms. The van der Waals surface area contributed by atoms with Crippen LogP contribution in [0.5, 0.6) is 5.75 Å². The number of rotatable bonds is 2. The average Bonchev–Trinajstić information content (AvgIpc) is 2.28. The molecule has 2 aromatic heterocycles. The summed E-state index contributed by atoms with van der Waals surface area (Å²) >= 11 is 0.